The normalized spacial score (nSPS) is 11.0. The number of nitrogens with one attached hydrogen (secondary N) is 2. The third-order valence-corrected chi connectivity index (χ3v) is 2.08. The summed E-state index contributed by atoms with van der Waals surface area (Å²) < 4.78 is 0. The number of aromatic nitrogens is 3. The van der Waals surface area contributed by atoms with E-state index in [9.17, 15) is 0 Å². The van der Waals surface area contributed by atoms with E-state index in [0.29, 0.717) is 23.7 Å². The van der Waals surface area contributed by atoms with Crippen LogP contribution in [-0.2, 0) is 0 Å². The molecule has 0 atom stereocenters. The molecule has 96 valence electrons. The average molecular weight is 237 g/mol. The molecule has 17 heavy (non-hydrogen) atoms. The lowest BCUT2D eigenvalue weighted by Gasteiger charge is -2.11. The molecule has 0 bridgehead atoms. The van der Waals surface area contributed by atoms with Crippen LogP contribution >= 0.6 is 0 Å². The second-order valence-corrected chi connectivity index (χ2v) is 5.08. The first-order valence-electron chi connectivity index (χ1n) is 6.17. The van der Waals surface area contributed by atoms with Crippen LogP contribution in [0.15, 0.2) is 0 Å². The molecule has 0 saturated carbocycles. The summed E-state index contributed by atoms with van der Waals surface area (Å²) in [6.45, 7) is 12.2. The quantitative estimate of drug-likeness (QED) is 0.795. The molecular weight excluding hydrogens is 214 g/mol. The average Bonchev–Trinajstić information content (AvgIpc) is 2.23. The summed E-state index contributed by atoms with van der Waals surface area (Å²) in [5.74, 6) is 3.17. The molecule has 0 aromatic carbocycles. The number of rotatable bonds is 6. The van der Waals surface area contributed by atoms with Crippen molar-refractivity contribution in [3.63, 3.8) is 0 Å². The number of aryl methyl sites for hydroxylation is 1. The smallest absolute Gasteiger partial charge is 0.227 e. The van der Waals surface area contributed by atoms with E-state index in [-0.39, 0.29) is 0 Å². The minimum absolute atomic E-state index is 0.569. The zero-order valence-electron chi connectivity index (χ0n) is 11.4. The Bertz CT molecular complexity index is 318. The lowest BCUT2D eigenvalue weighted by Crippen LogP contribution is -2.15. The van der Waals surface area contributed by atoms with E-state index < -0.39 is 0 Å². The molecule has 0 saturated heterocycles. The predicted octanol–water partition coefficient (Wildman–Crippen LogP) is 2.32. The summed E-state index contributed by atoms with van der Waals surface area (Å²) in [7, 11) is 0. The van der Waals surface area contributed by atoms with E-state index in [0.717, 1.165) is 18.9 Å². The summed E-state index contributed by atoms with van der Waals surface area (Å²) >= 11 is 0. The lowest BCUT2D eigenvalue weighted by atomic mass is 10.2. The van der Waals surface area contributed by atoms with E-state index in [4.69, 9.17) is 0 Å². The minimum atomic E-state index is 0.569. The van der Waals surface area contributed by atoms with Gasteiger partial charge >= 0.3 is 0 Å². The Kier molecular flexibility index (Phi) is 5.12. The SMILES string of the molecule is Cc1nc(NCC(C)C)nc(NCC(C)C)n1. The second kappa shape index (κ2) is 6.37. The van der Waals surface area contributed by atoms with E-state index in [1.807, 2.05) is 6.92 Å². The Balaban J connectivity index is 2.65. The van der Waals surface area contributed by atoms with Gasteiger partial charge in [0.1, 0.15) is 5.82 Å². The van der Waals surface area contributed by atoms with Crippen LogP contribution in [0, 0.1) is 18.8 Å². The van der Waals surface area contributed by atoms with E-state index in [1.165, 1.54) is 0 Å². The Labute approximate surface area is 103 Å². The van der Waals surface area contributed by atoms with E-state index in [2.05, 4.69) is 53.3 Å². The fourth-order valence-electron chi connectivity index (χ4n) is 1.23. The molecule has 1 aromatic rings. The molecule has 1 heterocycles. The van der Waals surface area contributed by atoms with Crippen molar-refractivity contribution >= 4 is 11.9 Å². The molecule has 0 aliphatic carbocycles. The highest BCUT2D eigenvalue weighted by Crippen LogP contribution is 2.06. The van der Waals surface area contributed by atoms with Gasteiger partial charge < -0.3 is 10.6 Å². The first kappa shape index (κ1) is 13.7. The van der Waals surface area contributed by atoms with Crippen molar-refractivity contribution < 1.29 is 0 Å². The summed E-state index contributed by atoms with van der Waals surface area (Å²) in [4.78, 5) is 12.9. The maximum absolute atomic E-state index is 4.33. The summed E-state index contributed by atoms with van der Waals surface area (Å²) in [5.41, 5.74) is 0. The Hall–Kier alpha value is -1.39. The van der Waals surface area contributed by atoms with Crippen LogP contribution in [0.3, 0.4) is 0 Å². The largest absolute Gasteiger partial charge is 0.354 e. The van der Waals surface area contributed by atoms with Crippen molar-refractivity contribution in [1.82, 2.24) is 15.0 Å². The van der Waals surface area contributed by atoms with Crippen molar-refractivity contribution in [2.24, 2.45) is 11.8 Å². The number of anilines is 2. The predicted molar refractivity (Wildman–Crippen MR) is 71.2 cm³/mol. The van der Waals surface area contributed by atoms with Crippen LogP contribution in [0.2, 0.25) is 0 Å². The fraction of sp³-hybridized carbons (Fsp3) is 0.750. The van der Waals surface area contributed by atoms with Gasteiger partial charge in [-0.1, -0.05) is 27.7 Å². The maximum Gasteiger partial charge on any atom is 0.227 e. The van der Waals surface area contributed by atoms with Gasteiger partial charge in [0.15, 0.2) is 0 Å². The molecule has 5 heteroatoms. The zero-order valence-corrected chi connectivity index (χ0v) is 11.4. The van der Waals surface area contributed by atoms with Gasteiger partial charge in [0.25, 0.3) is 0 Å². The van der Waals surface area contributed by atoms with Gasteiger partial charge in [0, 0.05) is 13.1 Å². The van der Waals surface area contributed by atoms with Crippen molar-refractivity contribution in [3.05, 3.63) is 5.82 Å². The summed E-state index contributed by atoms with van der Waals surface area (Å²) in [6, 6.07) is 0. The number of hydrogen-bond acceptors (Lipinski definition) is 5. The molecule has 0 unspecified atom stereocenters. The first-order chi connectivity index (χ1) is 7.97. The van der Waals surface area contributed by atoms with E-state index in [1.54, 1.807) is 0 Å². The molecule has 0 radical (unpaired) electrons. The van der Waals surface area contributed by atoms with Crippen molar-refractivity contribution in [2.45, 2.75) is 34.6 Å². The molecule has 0 aliphatic heterocycles. The van der Waals surface area contributed by atoms with Gasteiger partial charge in [-0.3, -0.25) is 0 Å². The standard InChI is InChI=1S/C12H23N5/c1-8(2)6-13-11-15-10(5)16-12(17-11)14-7-9(3)4/h8-9H,6-7H2,1-5H3,(H2,13,14,15,16,17). The van der Waals surface area contributed by atoms with Gasteiger partial charge in [-0.2, -0.15) is 15.0 Å². The molecule has 2 N–H and O–H groups in total. The van der Waals surface area contributed by atoms with Gasteiger partial charge in [-0.05, 0) is 18.8 Å². The molecule has 1 rings (SSSR count). The first-order valence-corrected chi connectivity index (χ1v) is 6.17. The summed E-state index contributed by atoms with van der Waals surface area (Å²) in [6.07, 6.45) is 0. The van der Waals surface area contributed by atoms with Gasteiger partial charge in [-0.25, -0.2) is 0 Å². The molecule has 0 aliphatic rings. The topological polar surface area (TPSA) is 62.7 Å². The van der Waals surface area contributed by atoms with Crippen LogP contribution in [0.5, 0.6) is 0 Å². The highest BCUT2D eigenvalue weighted by atomic mass is 15.2. The minimum Gasteiger partial charge on any atom is -0.354 e. The lowest BCUT2D eigenvalue weighted by molar-refractivity contribution is 0.677. The van der Waals surface area contributed by atoms with Crippen LogP contribution in [0.4, 0.5) is 11.9 Å². The Morgan fingerprint density at radius 2 is 1.24 bits per heavy atom. The second-order valence-electron chi connectivity index (χ2n) is 5.08. The molecule has 5 nitrogen and oxygen atoms in total. The number of hydrogen-bond donors (Lipinski definition) is 2. The van der Waals surface area contributed by atoms with Crippen LogP contribution in [0.25, 0.3) is 0 Å². The number of nitrogens with zero attached hydrogens (tertiary/aromatic N) is 3. The fourth-order valence-corrected chi connectivity index (χ4v) is 1.23. The molecular formula is C12H23N5. The van der Waals surface area contributed by atoms with Crippen LogP contribution in [0.1, 0.15) is 33.5 Å². The van der Waals surface area contributed by atoms with Crippen molar-refractivity contribution in [1.29, 1.82) is 0 Å². The molecule has 0 amide bonds. The highest BCUT2D eigenvalue weighted by molar-refractivity contribution is 5.34. The zero-order chi connectivity index (χ0) is 12.8. The van der Waals surface area contributed by atoms with Gasteiger partial charge in [0.2, 0.25) is 11.9 Å². The highest BCUT2D eigenvalue weighted by Gasteiger charge is 2.04. The third kappa shape index (κ3) is 5.47. The summed E-state index contributed by atoms with van der Waals surface area (Å²) in [5, 5.41) is 6.42. The Morgan fingerprint density at radius 1 is 0.824 bits per heavy atom. The van der Waals surface area contributed by atoms with E-state index >= 15 is 0 Å². The van der Waals surface area contributed by atoms with Crippen molar-refractivity contribution in [3.8, 4) is 0 Å². The third-order valence-electron chi connectivity index (χ3n) is 2.08. The molecule has 1 aromatic heterocycles. The van der Waals surface area contributed by atoms with Crippen LogP contribution in [-0.4, -0.2) is 28.0 Å². The van der Waals surface area contributed by atoms with Crippen LogP contribution < -0.4 is 10.6 Å². The monoisotopic (exact) mass is 237 g/mol. The Morgan fingerprint density at radius 3 is 1.59 bits per heavy atom. The van der Waals surface area contributed by atoms with Gasteiger partial charge in [-0.15, -0.1) is 0 Å². The molecule has 0 spiro atoms. The maximum atomic E-state index is 4.33. The van der Waals surface area contributed by atoms with Crippen molar-refractivity contribution in [2.75, 3.05) is 23.7 Å². The van der Waals surface area contributed by atoms with Gasteiger partial charge in [0.05, 0.1) is 0 Å². The molecule has 0 fully saturated rings.